The van der Waals surface area contributed by atoms with Crippen molar-refractivity contribution in [2.75, 3.05) is 0 Å². The molecule has 0 unspecified atom stereocenters. The molecule has 0 saturated heterocycles. The molecule has 0 saturated carbocycles. The summed E-state index contributed by atoms with van der Waals surface area (Å²) in [5, 5.41) is 0. The van der Waals surface area contributed by atoms with Gasteiger partial charge in [0, 0.05) is 18.4 Å². The molecule has 1 N–H and O–H groups in total. The molecule has 126 valence electrons. The van der Waals surface area contributed by atoms with Gasteiger partial charge in [0.1, 0.15) is 4.90 Å². The Morgan fingerprint density at radius 1 is 1.04 bits per heavy atom. The third-order valence-electron chi connectivity index (χ3n) is 3.35. The Morgan fingerprint density at radius 3 is 2.30 bits per heavy atom. The van der Waals surface area contributed by atoms with Gasteiger partial charge in [0.2, 0.25) is 10.0 Å². The van der Waals surface area contributed by atoms with Gasteiger partial charge in [0.15, 0.2) is 0 Å². The molecule has 1 aromatic carbocycles. The van der Waals surface area contributed by atoms with E-state index in [9.17, 15) is 16.8 Å². The van der Waals surface area contributed by atoms with E-state index in [4.69, 9.17) is 0 Å². The van der Waals surface area contributed by atoms with Gasteiger partial charge in [-0.3, -0.25) is 0 Å². The molecule has 0 aliphatic rings. The quantitative estimate of drug-likeness (QED) is 0.824. The van der Waals surface area contributed by atoms with Crippen LogP contribution in [0.15, 0.2) is 58.6 Å². The SMILES string of the molecule is CCC[C@@H](C)NS(=O)(=O)c1ccn(S(=O)(=O)c2ccccc2)c1. The van der Waals surface area contributed by atoms with E-state index in [1.54, 1.807) is 25.1 Å². The summed E-state index contributed by atoms with van der Waals surface area (Å²) in [5.74, 6) is 0. The van der Waals surface area contributed by atoms with Gasteiger partial charge in [-0.05, 0) is 31.5 Å². The molecule has 1 aromatic heterocycles. The van der Waals surface area contributed by atoms with E-state index in [0.717, 1.165) is 16.6 Å². The smallest absolute Gasteiger partial charge is 0.248 e. The number of nitrogens with zero attached hydrogens (tertiary/aromatic N) is 1. The number of sulfonamides is 1. The maximum absolute atomic E-state index is 12.4. The van der Waals surface area contributed by atoms with Gasteiger partial charge < -0.3 is 0 Å². The number of rotatable bonds is 7. The zero-order valence-electron chi connectivity index (χ0n) is 13.0. The van der Waals surface area contributed by atoms with Crippen molar-refractivity contribution in [1.29, 1.82) is 0 Å². The standard InChI is InChI=1S/C15H20N2O4S2/c1-3-7-13(2)16-22(18,19)15-10-11-17(12-15)23(20,21)14-8-5-4-6-9-14/h4-6,8-13,16H,3,7H2,1-2H3/t13-/m1/s1. The van der Waals surface area contributed by atoms with E-state index < -0.39 is 20.0 Å². The lowest BCUT2D eigenvalue weighted by atomic mass is 10.2. The Labute approximate surface area is 137 Å². The molecule has 2 aromatic rings. The first-order valence-corrected chi connectivity index (χ1v) is 10.2. The normalized spacial score (nSPS) is 13.8. The zero-order chi connectivity index (χ0) is 17.1. The first-order chi connectivity index (χ1) is 10.8. The van der Waals surface area contributed by atoms with E-state index >= 15 is 0 Å². The van der Waals surface area contributed by atoms with Crippen molar-refractivity contribution in [3.8, 4) is 0 Å². The summed E-state index contributed by atoms with van der Waals surface area (Å²) in [6.07, 6.45) is 3.92. The average Bonchev–Trinajstić information content (AvgIpc) is 2.99. The molecule has 0 bridgehead atoms. The number of hydrogen-bond donors (Lipinski definition) is 1. The fraction of sp³-hybridized carbons (Fsp3) is 0.333. The number of aromatic nitrogens is 1. The predicted octanol–water partition coefficient (Wildman–Crippen LogP) is 2.19. The predicted molar refractivity (Wildman–Crippen MR) is 88.1 cm³/mol. The third kappa shape index (κ3) is 4.01. The Balaban J connectivity index is 2.31. The van der Waals surface area contributed by atoms with Crippen molar-refractivity contribution < 1.29 is 16.8 Å². The van der Waals surface area contributed by atoms with Crippen LogP contribution in [0.3, 0.4) is 0 Å². The lowest BCUT2D eigenvalue weighted by Gasteiger charge is -2.12. The Bertz CT molecular complexity index is 856. The maximum atomic E-state index is 12.4. The molecule has 0 aliphatic carbocycles. The van der Waals surface area contributed by atoms with Crippen LogP contribution in [0.25, 0.3) is 0 Å². The van der Waals surface area contributed by atoms with E-state index in [-0.39, 0.29) is 15.8 Å². The van der Waals surface area contributed by atoms with E-state index in [1.807, 2.05) is 6.92 Å². The highest BCUT2D eigenvalue weighted by Crippen LogP contribution is 2.17. The van der Waals surface area contributed by atoms with Crippen LogP contribution in [0, 0.1) is 0 Å². The van der Waals surface area contributed by atoms with Gasteiger partial charge in [-0.1, -0.05) is 31.5 Å². The van der Waals surface area contributed by atoms with Crippen LogP contribution in [0.2, 0.25) is 0 Å². The lowest BCUT2D eigenvalue weighted by Crippen LogP contribution is -2.32. The van der Waals surface area contributed by atoms with Gasteiger partial charge >= 0.3 is 0 Å². The molecular weight excluding hydrogens is 336 g/mol. The van der Waals surface area contributed by atoms with Crippen molar-refractivity contribution in [3.63, 3.8) is 0 Å². The van der Waals surface area contributed by atoms with Crippen LogP contribution >= 0.6 is 0 Å². The van der Waals surface area contributed by atoms with Gasteiger partial charge in [-0.25, -0.2) is 25.5 Å². The highest BCUT2D eigenvalue weighted by Gasteiger charge is 2.22. The minimum Gasteiger partial charge on any atom is -0.248 e. The van der Waals surface area contributed by atoms with Crippen LogP contribution in [0.5, 0.6) is 0 Å². The van der Waals surface area contributed by atoms with Crippen molar-refractivity contribution in [3.05, 3.63) is 48.8 Å². The van der Waals surface area contributed by atoms with Crippen LogP contribution in [-0.2, 0) is 20.0 Å². The molecule has 1 atom stereocenters. The summed E-state index contributed by atoms with van der Waals surface area (Å²) in [6.45, 7) is 3.74. The minimum absolute atomic E-state index is 0.0695. The number of nitrogens with one attached hydrogen (secondary N) is 1. The molecule has 1 heterocycles. The fourth-order valence-electron chi connectivity index (χ4n) is 2.21. The second-order valence-electron chi connectivity index (χ2n) is 5.31. The van der Waals surface area contributed by atoms with E-state index in [1.165, 1.54) is 24.4 Å². The summed E-state index contributed by atoms with van der Waals surface area (Å²) >= 11 is 0. The average molecular weight is 356 g/mol. The largest absolute Gasteiger partial charge is 0.267 e. The van der Waals surface area contributed by atoms with Crippen LogP contribution in [-0.4, -0.2) is 26.8 Å². The summed E-state index contributed by atoms with van der Waals surface area (Å²) < 4.78 is 52.9. The van der Waals surface area contributed by atoms with Crippen molar-refractivity contribution >= 4 is 20.0 Å². The zero-order valence-corrected chi connectivity index (χ0v) is 14.6. The van der Waals surface area contributed by atoms with Gasteiger partial charge in [0.25, 0.3) is 10.0 Å². The minimum atomic E-state index is -3.79. The molecule has 6 nitrogen and oxygen atoms in total. The first kappa shape index (κ1) is 17.7. The van der Waals surface area contributed by atoms with Crippen molar-refractivity contribution in [1.82, 2.24) is 8.69 Å². The molecule has 2 rings (SSSR count). The number of hydrogen-bond acceptors (Lipinski definition) is 4. The molecule has 0 radical (unpaired) electrons. The van der Waals surface area contributed by atoms with E-state index in [0.29, 0.717) is 6.42 Å². The molecule has 8 heteroatoms. The van der Waals surface area contributed by atoms with Gasteiger partial charge in [-0.15, -0.1) is 0 Å². The molecule has 0 amide bonds. The molecular formula is C15H20N2O4S2. The molecule has 0 fully saturated rings. The second kappa shape index (κ2) is 6.86. The topological polar surface area (TPSA) is 85.2 Å². The summed E-state index contributed by atoms with van der Waals surface area (Å²) in [6, 6.07) is 8.93. The van der Waals surface area contributed by atoms with Crippen LogP contribution < -0.4 is 4.72 Å². The molecule has 23 heavy (non-hydrogen) atoms. The van der Waals surface area contributed by atoms with E-state index in [2.05, 4.69) is 4.72 Å². The summed E-state index contributed by atoms with van der Waals surface area (Å²) in [4.78, 5) is 0.0341. The number of benzene rings is 1. The van der Waals surface area contributed by atoms with Gasteiger partial charge in [-0.2, -0.15) is 0 Å². The Morgan fingerprint density at radius 2 is 1.70 bits per heavy atom. The van der Waals surface area contributed by atoms with Crippen LogP contribution in [0.1, 0.15) is 26.7 Å². The second-order valence-corrected chi connectivity index (χ2v) is 8.86. The Kier molecular flexibility index (Phi) is 5.28. The van der Waals surface area contributed by atoms with Crippen molar-refractivity contribution in [2.24, 2.45) is 0 Å². The maximum Gasteiger partial charge on any atom is 0.267 e. The monoisotopic (exact) mass is 356 g/mol. The fourth-order valence-corrected chi connectivity index (χ4v) is 4.77. The lowest BCUT2D eigenvalue weighted by molar-refractivity contribution is 0.544. The summed E-state index contributed by atoms with van der Waals surface area (Å²) in [5.41, 5.74) is 0. The van der Waals surface area contributed by atoms with Crippen molar-refractivity contribution in [2.45, 2.75) is 42.5 Å². The molecule has 0 aliphatic heterocycles. The molecule has 0 spiro atoms. The highest BCUT2D eigenvalue weighted by atomic mass is 32.2. The first-order valence-electron chi connectivity index (χ1n) is 7.28. The highest BCUT2D eigenvalue weighted by molar-refractivity contribution is 7.90. The van der Waals surface area contributed by atoms with Crippen LogP contribution in [0.4, 0.5) is 0 Å². The summed E-state index contributed by atoms with van der Waals surface area (Å²) in [7, 11) is -7.53. The van der Waals surface area contributed by atoms with Gasteiger partial charge in [0.05, 0.1) is 4.90 Å². The Hall–Kier alpha value is -1.64. The third-order valence-corrected chi connectivity index (χ3v) is 6.57.